The van der Waals surface area contributed by atoms with Gasteiger partial charge < -0.3 is 9.88 Å². The van der Waals surface area contributed by atoms with Crippen LogP contribution in [-0.4, -0.2) is 17.0 Å². The second-order valence-corrected chi connectivity index (χ2v) is 7.76. The van der Waals surface area contributed by atoms with Crippen LogP contribution in [0.5, 0.6) is 0 Å². The number of fused-ring (bicyclic) bond motifs is 1. The highest BCUT2D eigenvalue weighted by atomic mass is 16.1. The fraction of sp³-hybridized carbons (Fsp3) is 0.423. The summed E-state index contributed by atoms with van der Waals surface area (Å²) in [6.07, 6.45) is 7.13. The van der Waals surface area contributed by atoms with E-state index in [1.165, 1.54) is 34.0 Å². The van der Waals surface area contributed by atoms with Crippen LogP contribution in [0.4, 0.5) is 0 Å². The molecule has 0 aliphatic heterocycles. The van der Waals surface area contributed by atoms with Gasteiger partial charge in [-0.1, -0.05) is 75.2 Å². The molecule has 29 heavy (non-hydrogen) atoms. The van der Waals surface area contributed by atoms with Crippen molar-refractivity contribution in [2.45, 2.75) is 65.3 Å². The average molecular weight is 391 g/mol. The Morgan fingerprint density at radius 3 is 2.48 bits per heavy atom. The lowest BCUT2D eigenvalue weighted by molar-refractivity contribution is -0.121. The van der Waals surface area contributed by atoms with Crippen molar-refractivity contribution in [2.24, 2.45) is 0 Å². The van der Waals surface area contributed by atoms with E-state index in [-0.39, 0.29) is 11.8 Å². The number of carbonyl (C=O) groups is 1. The maximum absolute atomic E-state index is 12.8. The molecule has 1 N–H and O–H groups in total. The summed E-state index contributed by atoms with van der Waals surface area (Å²) in [6.45, 7) is 8.28. The van der Waals surface area contributed by atoms with Crippen molar-refractivity contribution >= 4 is 16.8 Å². The zero-order chi connectivity index (χ0) is 20.6. The van der Waals surface area contributed by atoms with Gasteiger partial charge in [0.2, 0.25) is 5.91 Å². The molecule has 0 fully saturated rings. The summed E-state index contributed by atoms with van der Waals surface area (Å²) >= 11 is 0. The van der Waals surface area contributed by atoms with Crippen LogP contribution in [0.3, 0.4) is 0 Å². The molecule has 3 rings (SSSR count). The molecule has 0 bridgehead atoms. The molecule has 1 atom stereocenters. The van der Waals surface area contributed by atoms with Crippen molar-refractivity contribution < 1.29 is 4.79 Å². The van der Waals surface area contributed by atoms with Crippen molar-refractivity contribution in [2.75, 3.05) is 6.54 Å². The van der Waals surface area contributed by atoms with E-state index in [2.05, 4.69) is 79.3 Å². The number of aryl methyl sites for hydroxylation is 2. The van der Waals surface area contributed by atoms with Crippen molar-refractivity contribution in [3.8, 4) is 0 Å². The SMILES string of the molecule is CCCCCNC(=O)C[C@@H](c1ccccc1)c1cn(CC)c2c(CC)cccc12. The van der Waals surface area contributed by atoms with Crippen LogP contribution in [-0.2, 0) is 17.8 Å². The smallest absolute Gasteiger partial charge is 0.220 e. The predicted octanol–water partition coefficient (Wildman–Crippen LogP) is 6.05. The number of hydrogen-bond donors (Lipinski definition) is 1. The highest BCUT2D eigenvalue weighted by molar-refractivity contribution is 5.89. The number of amides is 1. The van der Waals surface area contributed by atoms with Gasteiger partial charge in [-0.2, -0.15) is 0 Å². The lowest BCUT2D eigenvalue weighted by atomic mass is 9.87. The summed E-state index contributed by atoms with van der Waals surface area (Å²) in [6, 6.07) is 17.0. The first-order valence-corrected chi connectivity index (χ1v) is 11.1. The third-order valence-electron chi connectivity index (χ3n) is 5.80. The topological polar surface area (TPSA) is 34.0 Å². The minimum absolute atomic E-state index is 0.0600. The maximum atomic E-state index is 12.8. The van der Waals surface area contributed by atoms with E-state index in [4.69, 9.17) is 0 Å². The summed E-state index contributed by atoms with van der Waals surface area (Å²) in [5.74, 6) is 0.198. The molecule has 0 aliphatic rings. The van der Waals surface area contributed by atoms with Crippen LogP contribution < -0.4 is 5.32 Å². The molecule has 3 nitrogen and oxygen atoms in total. The number of nitrogens with one attached hydrogen (secondary N) is 1. The summed E-state index contributed by atoms with van der Waals surface area (Å²) in [4.78, 5) is 12.8. The van der Waals surface area contributed by atoms with E-state index >= 15 is 0 Å². The maximum Gasteiger partial charge on any atom is 0.220 e. The van der Waals surface area contributed by atoms with Crippen LogP contribution in [0, 0.1) is 0 Å². The number of nitrogens with zero attached hydrogens (tertiary/aromatic N) is 1. The Labute approximate surface area is 175 Å². The average Bonchev–Trinajstić information content (AvgIpc) is 3.14. The van der Waals surface area contributed by atoms with Crippen molar-refractivity contribution in [3.05, 3.63) is 71.4 Å². The first-order chi connectivity index (χ1) is 14.2. The first kappa shape index (κ1) is 21.2. The highest BCUT2D eigenvalue weighted by Crippen LogP contribution is 2.36. The van der Waals surface area contributed by atoms with E-state index in [0.717, 1.165) is 32.4 Å². The zero-order valence-corrected chi connectivity index (χ0v) is 18.1. The molecule has 0 unspecified atom stereocenters. The summed E-state index contributed by atoms with van der Waals surface area (Å²) in [7, 11) is 0. The molecule has 0 saturated heterocycles. The van der Waals surface area contributed by atoms with Crippen LogP contribution in [0.15, 0.2) is 54.7 Å². The molecule has 0 saturated carbocycles. The van der Waals surface area contributed by atoms with Gasteiger partial charge in [-0.3, -0.25) is 4.79 Å². The molecule has 1 heterocycles. The van der Waals surface area contributed by atoms with Gasteiger partial charge in [0.25, 0.3) is 0 Å². The van der Waals surface area contributed by atoms with Crippen LogP contribution in [0.25, 0.3) is 10.9 Å². The Morgan fingerprint density at radius 1 is 1.00 bits per heavy atom. The summed E-state index contributed by atoms with van der Waals surface area (Å²) in [5, 5.41) is 4.41. The molecule has 3 heteroatoms. The van der Waals surface area contributed by atoms with Gasteiger partial charge >= 0.3 is 0 Å². The molecule has 2 aromatic carbocycles. The Bertz CT molecular complexity index is 927. The summed E-state index contributed by atoms with van der Waals surface area (Å²) < 4.78 is 2.35. The molecule has 1 amide bonds. The number of rotatable bonds is 10. The number of carbonyl (C=O) groups excluding carboxylic acids is 1. The third kappa shape index (κ3) is 4.90. The van der Waals surface area contributed by atoms with Gasteiger partial charge in [-0.15, -0.1) is 0 Å². The number of para-hydroxylation sites is 1. The third-order valence-corrected chi connectivity index (χ3v) is 5.80. The van der Waals surface area contributed by atoms with Gasteiger partial charge in [-0.25, -0.2) is 0 Å². The fourth-order valence-electron chi connectivity index (χ4n) is 4.23. The lowest BCUT2D eigenvalue weighted by Crippen LogP contribution is -2.26. The van der Waals surface area contributed by atoms with Crippen molar-refractivity contribution in [3.63, 3.8) is 0 Å². The van der Waals surface area contributed by atoms with Gasteiger partial charge in [0.1, 0.15) is 0 Å². The molecule has 3 aromatic rings. The van der Waals surface area contributed by atoms with Gasteiger partial charge in [0.15, 0.2) is 0 Å². The molecule has 1 aromatic heterocycles. The van der Waals surface area contributed by atoms with E-state index in [1.54, 1.807) is 0 Å². The second-order valence-electron chi connectivity index (χ2n) is 7.76. The van der Waals surface area contributed by atoms with Crippen LogP contribution in [0.2, 0.25) is 0 Å². The second kappa shape index (κ2) is 10.3. The Morgan fingerprint density at radius 2 is 1.79 bits per heavy atom. The standard InChI is InChI=1S/C26H34N2O/c1-4-7-11-17-27-25(29)18-23(21-13-9-8-10-14-21)24-19-28(6-3)26-20(5-2)15-12-16-22(24)26/h8-10,12-16,19,23H,4-7,11,17-18H2,1-3H3,(H,27,29)/t23-/m0/s1. The van der Waals surface area contributed by atoms with E-state index in [0.29, 0.717) is 6.42 Å². The minimum atomic E-state index is 0.0600. The molecular weight excluding hydrogens is 356 g/mol. The van der Waals surface area contributed by atoms with Gasteiger partial charge in [0, 0.05) is 37.0 Å². The fourth-order valence-corrected chi connectivity index (χ4v) is 4.23. The quantitative estimate of drug-likeness (QED) is 0.420. The van der Waals surface area contributed by atoms with Gasteiger partial charge in [-0.05, 0) is 36.5 Å². The normalized spacial score (nSPS) is 12.2. The van der Waals surface area contributed by atoms with E-state index < -0.39 is 0 Å². The molecule has 0 spiro atoms. The van der Waals surface area contributed by atoms with Crippen LogP contribution in [0.1, 0.15) is 69.1 Å². The minimum Gasteiger partial charge on any atom is -0.356 e. The first-order valence-electron chi connectivity index (χ1n) is 11.1. The number of benzene rings is 2. The Kier molecular flexibility index (Phi) is 7.51. The Hall–Kier alpha value is -2.55. The van der Waals surface area contributed by atoms with Crippen molar-refractivity contribution in [1.82, 2.24) is 9.88 Å². The number of unbranched alkanes of at least 4 members (excludes halogenated alkanes) is 2. The summed E-state index contributed by atoms with van der Waals surface area (Å²) in [5.41, 5.74) is 5.14. The number of aromatic nitrogens is 1. The van der Waals surface area contributed by atoms with Crippen molar-refractivity contribution in [1.29, 1.82) is 0 Å². The van der Waals surface area contributed by atoms with E-state index in [9.17, 15) is 4.79 Å². The lowest BCUT2D eigenvalue weighted by Gasteiger charge is -2.17. The van der Waals surface area contributed by atoms with Crippen LogP contribution >= 0.6 is 0 Å². The van der Waals surface area contributed by atoms with E-state index in [1.807, 2.05) is 6.07 Å². The Balaban J connectivity index is 1.98. The monoisotopic (exact) mass is 390 g/mol. The zero-order valence-electron chi connectivity index (χ0n) is 18.1. The number of hydrogen-bond acceptors (Lipinski definition) is 1. The highest BCUT2D eigenvalue weighted by Gasteiger charge is 2.23. The molecule has 154 valence electrons. The van der Waals surface area contributed by atoms with Gasteiger partial charge in [0.05, 0.1) is 5.52 Å². The molecule has 0 aliphatic carbocycles. The largest absolute Gasteiger partial charge is 0.356 e. The molecule has 0 radical (unpaired) electrons. The molecular formula is C26H34N2O. The predicted molar refractivity (Wildman–Crippen MR) is 122 cm³/mol.